The van der Waals surface area contributed by atoms with E-state index in [1.807, 2.05) is 24.5 Å². The van der Waals surface area contributed by atoms with Gasteiger partial charge in [-0.2, -0.15) is 15.1 Å². The summed E-state index contributed by atoms with van der Waals surface area (Å²) in [4.78, 5) is 16.9. The van der Waals surface area contributed by atoms with Crippen LogP contribution < -0.4 is 10.1 Å². The number of aromatic amines is 1. The molecule has 6 rings (SSSR count). The molecule has 2 fully saturated rings. The van der Waals surface area contributed by atoms with E-state index < -0.39 is 0 Å². The molecule has 1 aliphatic heterocycles. The number of nitrogens with one attached hydrogen (secondary N) is 2. The quantitative estimate of drug-likeness (QED) is 0.537. The molecule has 2 N–H and O–H groups in total. The van der Waals surface area contributed by atoms with Crippen molar-refractivity contribution in [2.45, 2.75) is 43.7 Å². The number of hydrogen-bond acceptors (Lipinski definition) is 7. The number of pyridine rings is 1. The van der Waals surface area contributed by atoms with Gasteiger partial charge in [-0.3, -0.25) is 0 Å². The molecule has 0 radical (unpaired) electrons. The number of nitrogens with zero attached hydrogens (tertiary/aromatic N) is 5. The van der Waals surface area contributed by atoms with Crippen LogP contribution in [0, 0.1) is 0 Å². The lowest BCUT2D eigenvalue weighted by Gasteiger charge is -2.46. The molecule has 9 nitrogen and oxygen atoms in total. The highest BCUT2D eigenvalue weighted by Crippen LogP contribution is 2.41. The Morgan fingerprint density at radius 2 is 2.13 bits per heavy atom. The molecule has 154 valence electrons. The Kier molecular flexibility index (Phi) is 3.92. The summed E-state index contributed by atoms with van der Waals surface area (Å²) in [5.41, 5.74) is 3.66. The molecule has 30 heavy (non-hydrogen) atoms. The third-order valence-corrected chi connectivity index (χ3v) is 6.48. The van der Waals surface area contributed by atoms with Crippen molar-refractivity contribution in [3.05, 3.63) is 30.9 Å². The van der Waals surface area contributed by atoms with Crippen LogP contribution in [0.1, 0.15) is 32.1 Å². The molecule has 4 aromatic rings. The highest BCUT2D eigenvalue weighted by atomic mass is 16.5. The van der Waals surface area contributed by atoms with Crippen molar-refractivity contribution in [2.24, 2.45) is 0 Å². The molecule has 1 saturated heterocycles. The van der Waals surface area contributed by atoms with E-state index in [2.05, 4.69) is 25.4 Å². The lowest BCUT2D eigenvalue weighted by Crippen LogP contribution is -2.48. The monoisotopic (exact) mass is 405 g/mol. The second-order valence-corrected chi connectivity index (χ2v) is 8.16. The Morgan fingerprint density at radius 3 is 2.90 bits per heavy atom. The Bertz CT molecular complexity index is 1220. The zero-order valence-electron chi connectivity index (χ0n) is 16.8. The highest BCUT2D eigenvalue weighted by molar-refractivity contribution is 5.98. The van der Waals surface area contributed by atoms with Gasteiger partial charge in [0.1, 0.15) is 12.0 Å². The van der Waals surface area contributed by atoms with Crippen LogP contribution in [0.3, 0.4) is 0 Å². The van der Waals surface area contributed by atoms with Crippen molar-refractivity contribution < 1.29 is 9.47 Å². The fourth-order valence-corrected chi connectivity index (χ4v) is 4.68. The molecule has 1 aliphatic carbocycles. The van der Waals surface area contributed by atoms with Crippen molar-refractivity contribution in [1.29, 1.82) is 0 Å². The standard InChI is InChI=1S/C21H23N7O2/c1-29-19-17-15(13-4-8-28-16(10-13)23-12-24-28)11-22-18(17)26-20(27-19)25-14-2-5-21(6-3-14)7-9-30-21/h4,8,10-12,14H,2-3,5-7,9H2,1H3,(H2,22,25,26,27)/t14-,21-. The number of H-pyrrole nitrogens is 1. The second-order valence-electron chi connectivity index (χ2n) is 8.16. The van der Waals surface area contributed by atoms with Gasteiger partial charge < -0.3 is 19.8 Å². The molecular formula is C21H23N7O2. The average molecular weight is 405 g/mol. The zero-order chi connectivity index (χ0) is 20.1. The molecule has 1 saturated carbocycles. The number of rotatable bonds is 4. The van der Waals surface area contributed by atoms with Gasteiger partial charge in [-0.05, 0) is 49.8 Å². The van der Waals surface area contributed by atoms with Crippen LogP contribution in [0.15, 0.2) is 30.9 Å². The lowest BCUT2D eigenvalue weighted by atomic mass is 9.77. The van der Waals surface area contributed by atoms with Crippen LogP contribution in [0.4, 0.5) is 5.95 Å². The molecule has 0 aromatic carbocycles. The van der Waals surface area contributed by atoms with Crippen LogP contribution in [0.2, 0.25) is 0 Å². The highest BCUT2D eigenvalue weighted by Gasteiger charge is 2.41. The first-order chi connectivity index (χ1) is 14.7. The maximum absolute atomic E-state index is 5.82. The summed E-state index contributed by atoms with van der Waals surface area (Å²) >= 11 is 0. The van der Waals surface area contributed by atoms with Crippen LogP contribution >= 0.6 is 0 Å². The second kappa shape index (κ2) is 6.66. The summed E-state index contributed by atoms with van der Waals surface area (Å²) in [5, 5.41) is 8.52. The van der Waals surface area contributed by atoms with Gasteiger partial charge in [-0.15, -0.1) is 0 Å². The first-order valence-corrected chi connectivity index (χ1v) is 10.4. The summed E-state index contributed by atoms with van der Waals surface area (Å²) in [5.74, 6) is 1.14. The predicted molar refractivity (Wildman–Crippen MR) is 112 cm³/mol. The lowest BCUT2D eigenvalue weighted by molar-refractivity contribution is -0.165. The van der Waals surface area contributed by atoms with E-state index >= 15 is 0 Å². The van der Waals surface area contributed by atoms with Gasteiger partial charge in [-0.1, -0.05) is 0 Å². The summed E-state index contributed by atoms with van der Waals surface area (Å²) in [6, 6.07) is 4.34. The number of anilines is 1. The van der Waals surface area contributed by atoms with Gasteiger partial charge in [0, 0.05) is 24.0 Å². The molecule has 0 atom stereocenters. The van der Waals surface area contributed by atoms with E-state index in [0.29, 0.717) is 17.9 Å². The van der Waals surface area contributed by atoms with Crippen molar-refractivity contribution >= 4 is 22.6 Å². The van der Waals surface area contributed by atoms with E-state index in [9.17, 15) is 0 Å². The number of hydrogen-bond donors (Lipinski definition) is 2. The van der Waals surface area contributed by atoms with E-state index in [1.54, 1.807) is 18.0 Å². The minimum absolute atomic E-state index is 0.153. The van der Waals surface area contributed by atoms with Crippen molar-refractivity contribution in [1.82, 2.24) is 29.5 Å². The number of fused-ring (bicyclic) bond motifs is 2. The van der Waals surface area contributed by atoms with E-state index in [0.717, 1.165) is 60.1 Å². The molecule has 0 amide bonds. The molecular weight excluding hydrogens is 382 g/mol. The smallest absolute Gasteiger partial charge is 0.228 e. The van der Waals surface area contributed by atoms with Gasteiger partial charge in [0.2, 0.25) is 11.8 Å². The summed E-state index contributed by atoms with van der Waals surface area (Å²) in [6.45, 7) is 0.911. The largest absolute Gasteiger partial charge is 0.480 e. The number of ether oxygens (including phenoxy) is 2. The zero-order valence-corrected chi connectivity index (χ0v) is 16.8. The first-order valence-electron chi connectivity index (χ1n) is 10.4. The Balaban J connectivity index is 1.31. The van der Waals surface area contributed by atoms with Gasteiger partial charge in [0.25, 0.3) is 0 Å². The van der Waals surface area contributed by atoms with Crippen LogP contribution in [-0.4, -0.2) is 54.9 Å². The van der Waals surface area contributed by atoms with Gasteiger partial charge in [0.15, 0.2) is 5.65 Å². The Labute approximate surface area is 172 Å². The van der Waals surface area contributed by atoms with Gasteiger partial charge >= 0.3 is 0 Å². The van der Waals surface area contributed by atoms with Gasteiger partial charge in [-0.25, -0.2) is 9.50 Å². The topological polar surface area (TPSA) is 102 Å². The SMILES string of the molecule is COc1nc(N[C@H]2CC[C@@]3(CCO3)CC2)nc2[nH]cc(-c3ccn4ncnc4c3)c12. The van der Waals surface area contributed by atoms with Crippen molar-refractivity contribution in [2.75, 3.05) is 19.0 Å². The van der Waals surface area contributed by atoms with Gasteiger partial charge in [0.05, 0.1) is 24.7 Å². The normalized spacial score (nSPS) is 23.7. The van der Waals surface area contributed by atoms with E-state index in [1.165, 1.54) is 6.42 Å². The molecule has 4 aromatic heterocycles. The predicted octanol–water partition coefficient (Wildman–Crippen LogP) is 3.19. The fraction of sp³-hybridized carbons (Fsp3) is 0.429. The molecule has 5 heterocycles. The van der Waals surface area contributed by atoms with Crippen molar-refractivity contribution in [3.8, 4) is 17.0 Å². The average Bonchev–Trinajstić information content (AvgIpc) is 3.39. The molecule has 1 spiro atoms. The minimum atomic E-state index is 0.153. The van der Waals surface area contributed by atoms with Crippen LogP contribution in [-0.2, 0) is 4.74 Å². The number of aromatic nitrogens is 6. The summed E-state index contributed by atoms with van der Waals surface area (Å²) in [6.07, 6.45) is 10.9. The molecule has 0 unspecified atom stereocenters. The Hall–Kier alpha value is -3.20. The van der Waals surface area contributed by atoms with Crippen molar-refractivity contribution in [3.63, 3.8) is 0 Å². The third-order valence-electron chi connectivity index (χ3n) is 6.48. The molecule has 9 heteroatoms. The van der Waals surface area contributed by atoms with E-state index in [4.69, 9.17) is 14.5 Å². The molecule has 0 bridgehead atoms. The molecule has 2 aliphatic rings. The maximum Gasteiger partial charge on any atom is 0.228 e. The third kappa shape index (κ3) is 2.80. The fourth-order valence-electron chi connectivity index (χ4n) is 4.68. The first kappa shape index (κ1) is 17.6. The van der Waals surface area contributed by atoms with Crippen LogP contribution in [0.25, 0.3) is 27.8 Å². The maximum atomic E-state index is 5.82. The summed E-state index contributed by atoms with van der Waals surface area (Å²) < 4.78 is 13.2. The van der Waals surface area contributed by atoms with E-state index in [-0.39, 0.29) is 5.60 Å². The van der Waals surface area contributed by atoms with Crippen LogP contribution in [0.5, 0.6) is 5.88 Å². The minimum Gasteiger partial charge on any atom is -0.480 e. The number of methoxy groups -OCH3 is 1. The summed E-state index contributed by atoms with van der Waals surface area (Å²) in [7, 11) is 1.64. The Morgan fingerprint density at radius 1 is 1.27 bits per heavy atom.